The molecule has 0 bridgehead atoms. The summed E-state index contributed by atoms with van der Waals surface area (Å²) in [6, 6.07) is 0. The van der Waals surface area contributed by atoms with Crippen LogP contribution < -0.4 is 10.6 Å². The van der Waals surface area contributed by atoms with Gasteiger partial charge in [0.1, 0.15) is 0 Å². The van der Waals surface area contributed by atoms with E-state index in [4.69, 9.17) is 0 Å². The van der Waals surface area contributed by atoms with Gasteiger partial charge >= 0.3 is 0 Å². The fourth-order valence-corrected chi connectivity index (χ4v) is 2.01. The highest BCUT2D eigenvalue weighted by atomic mass is 16.2. The van der Waals surface area contributed by atoms with Crippen molar-refractivity contribution in [2.75, 3.05) is 33.7 Å². The molecule has 0 saturated carbocycles. The third-order valence-corrected chi connectivity index (χ3v) is 3.30. The smallest absolute Gasteiger partial charge is 0.222 e. The Bertz CT molecular complexity index is 262. The van der Waals surface area contributed by atoms with Gasteiger partial charge in [0.2, 0.25) is 11.8 Å². The van der Waals surface area contributed by atoms with Crippen molar-refractivity contribution >= 4 is 11.8 Å². The van der Waals surface area contributed by atoms with E-state index < -0.39 is 0 Å². The minimum absolute atomic E-state index is 0.0217. The van der Waals surface area contributed by atoms with Crippen LogP contribution in [0.25, 0.3) is 0 Å². The monoisotopic (exact) mass is 241 g/mol. The molecule has 1 aliphatic heterocycles. The normalized spacial score (nSPS) is 16.6. The Hall–Kier alpha value is -1.10. The molecule has 1 rings (SSSR count). The van der Waals surface area contributed by atoms with Gasteiger partial charge in [-0.1, -0.05) is 0 Å². The molecule has 1 fully saturated rings. The second kappa shape index (κ2) is 7.27. The van der Waals surface area contributed by atoms with E-state index >= 15 is 0 Å². The molecule has 98 valence electrons. The Morgan fingerprint density at radius 2 is 2.00 bits per heavy atom. The molecule has 17 heavy (non-hydrogen) atoms. The van der Waals surface area contributed by atoms with E-state index in [1.165, 1.54) is 0 Å². The summed E-state index contributed by atoms with van der Waals surface area (Å²) in [4.78, 5) is 24.6. The van der Waals surface area contributed by atoms with Crippen molar-refractivity contribution in [2.24, 2.45) is 5.92 Å². The highest BCUT2D eigenvalue weighted by Crippen LogP contribution is 2.16. The van der Waals surface area contributed by atoms with Gasteiger partial charge < -0.3 is 15.5 Å². The van der Waals surface area contributed by atoms with Crippen LogP contribution in [0.15, 0.2) is 0 Å². The molecule has 0 aromatic rings. The van der Waals surface area contributed by atoms with Gasteiger partial charge in [0, 0.05) is 33.5 Å². The van der Waals surface area contributed by atoms with Crippen molar-refractivity contribution in [3.63, 3.8) is 0 Å². The van der Waals surface area contributed by atoms with Crippen LogP contribution in [0.2, 0.25) is 0 Å². The van der Waals surface area contributed by atoms with Crippen LogP contribution in [-0.2, 0) is 9.59 Å². The van der Waals surface area contributed by atoms with E-state index in [2.05, 4.69) is 10.6 Å². The van der Waals surface area contributed by atoms with Crippen molar-refractivity contribution in [2.45, 2.75) is 25.7 Å². The summed E-state index contributed by atoms with van der Waals surface area (Å²) in [5.74, 6) is 0.638. The van der Waals surface area contributed by atoms with Gasteiger partial charge in [-0.3, -0.25) is 9.59 Å². The summed E-state index contributed by atoms with van der Waals surface area (Å²) in [5.41, 5.74) is 0. The zero-order chi connectivity index (χ0) is 12.7. The first kappa shape index (κ1) is 14.0. The molecule has 0 radical (unpaired) electrons. The number of carbonyl (C=O) groups is 2. The lowest BCUT2D eigenvalue weighted by atomic mass is 9.94. The highest BCUT2D eigenvalue weighted by molar-refractivity contribution is 5.78. The molecule has 0 aliphatic carbocycles. The Morgan fingerprint density at radius 1 is 1.35 bits per heavy atom. The molecule has 0 spiro atoms. The molecule has 1 saturated heterocycles. The van der Waals surface area contributed by atoms with Crippen LogP contribution >= 0.6 is 0 Å². The van der Waals surface area contributed by atoms with Gasteiger partial charge in [-0.05, 0) is 31.8 Å². The van der Waals surface area contributed by atoms with E-state index in [9.17, 15) is 9.59 Å². The standard InChI is InChI=1S/C12H23N3O2/c1-13-11(16)5-8-15(2)12(17)9-10-3-6-14-7-4-10/h10,14H,3-9H2,1-2H3,(H,13,16). The Balaban J connectivity index is 2.23. The lowest BCUT2D eigenvalue weighted by molar-refractivity contribution is -0.131. The van der Waals surface area contributed by atoms with Crippen molar-refractivity contribution in [1.29, 1.82) is 0 Å². The predicted octanol–water partition coefficient (Wildman–Crippen LogP) is -0.0294. The van der Waals surface area contributed by atoms with E-state index in [0.717, 1.165) is 25.9 Å². The number of nitrogens with zero attached hydrogens (tertiary/aromatic N) is 1. The molecule has 5 nitrogen and oxygen atoms in total. The summed E-state index contributed by atoms with van der Waals surface area (Å²) in [7, 11) is 3.38. The molecule has 2 amide bonds. The Labute approximate surface area is 103 Å². The first-order valence-electron chi connectivity index (χ1n) is 6.28. The van der Waals surface area contributed by atoms with Gasteiger partial charge in [-0.15, -0.1) is 0 Å². The topological polar surface area (TPSA) is 61.4 Å². The third-order valence-electron chi connectivity index (χ3n) is 3.30. The Morgan fingerprint density at radius 3 is 2.59 bits per heavy atom. The maximum atomic E-state index is 11.9. The summed E-state index contributed by atoms with van der Waals surface area (Å²) < 4.78 is 0. The van der Waals surface area contributed by atoms with Crippen LogP contribution in [0.5, 0.6) is 0 Å². The zero-order valence-electron chi connectivity index (χ0n) is 10.8. The van der Waals surface area contributed by atoms with E-state index in [-0.39, 0.29) is 11.8 Å². The van der Waals surface area contributed by atoms with Crippen LogP contribution in [0, 0.1) is 5.92 Å². The molecular formula is C12H23N3O2. The van der Waals surface area contributed by atoms with Crippen LogP contribution in [0.3, 0.4) is 0 Å². The largest absolute Gasteiger partial charge is 0.359 e. The average Bonchev–Trinajstić information content (AvgIpc) is 2.36. The van der Waals surface area contributed by atoms with E-state index in [1.54, 1.807) is 19.0 Å². The number of carbonyl (C=O) groups excluding carboxylic acids is 2. The van der Waals surface area contributed by atoms with E-state index in [0.29, 0.717) is 25.3 Å². The van der Waals surface area contributed by atoms with Crippen LogP contribution in [-0.4, -0.2) is 50.4 Å². The highest BCUT2D eigenvalue weighted by Gasteiger charge is 2.19. The van der Waals surface area contributed by atoms with Gasteiger partial charge in [0.15, 0.2) is 0 Å². The number of piperidine rings is 1. The molecule has 5 heteroatoms. The first-order chi connectivity index (χ1) is 8.13. The lowest BCUT2D eigenvalue weighted by Gasteiger charge is -2.24. The van der Waals surface area contributed by atoms with E-state index in [1.807, 2.05) is 0 Å². The molecular weight excluding hydrogens is 218 g/mol. The van der Waals surface area contributed by atoms with Gasteiger partial charge in [-0.25, -0.2) is 0 Å². The van der Waals surface area contributed by atoms with Crippen molar-refractivity contribution < 1.29 is 9.59 Å². The number of hydrogen-bond donors (Lipinski definition) is 2. The fraction of sp³-hybridized carbons (Fsp3) is 0.833. The number of nitrogens with one attached hydrogen (secondary N) is 2. The maximum absolute atomic E-state index is 11.9. The second-order valence-corrected chi connectivity index (χ2v) is 4.64. The number of amides is 2. The molecule has 0 aromatic carbocycles. The predicted molar refractivity (Wildman–Crippen MR) is 66.5 cm³/mol. The molecule has 2 N–H and O–H groups in total. The van der Waals surface area contributed by atoms with Crippen molar-refractivity contribution in [1.82, 2.24) is 15.5 Å². The lowest BCUT2D eigenvalue weighted by Crippen LogP contribution is -2.35. The van der Waals surface area contributed by atoms with Crippen LogP contribution in [0.1, 0.15) is 25.7 Å². The SMILES string of the molecule is CNC(=O)CCN(C)C(=O)CC1CCNCC1. The van der Waals surface area contributed by atoms with Gasteiger partial charge in [0.25, 0.3) is 0 Å². The summed E-state index contributed by atoms with van der Waals surface area (Å²) >= 11 is 0. The van der Waals surface area contributed by atoms with Crippen molar-refractivity contribution in [3.05, 3.63) is 0 Å². The first-order valence-corrected chi connectivity index (χ1v) is 6.28. The molecule has 1 heterocycles. The number of rotatable bonds is 5. The minimum Gasteiger partial charge on any atom is -0.359 e. The second-order valence-electron chi connectivity index (χ2n) is 4.64. The molecule has 0 unspecified atom stereocenters. The third kappa shape index (κ3) is 5.17. The molecule has 0 atom stereocenters. The van der Waals surface area contributed by atoms with Crippen molar-refractivity contribution in [3.8, 4) is 0 Å². The fourth-order valence-electron chi connectivity index (χ4n) is 2.01. The Kier molecular flexibility index (Phi) is 5.97. The zero-order valence-corrected chi connectivity index (χ0v) is 10.8. The number of hydrogen-bond acceptors (Lipinski definition) is 3. The minimum atomic E-state index is -0.0217. The van der Waals surface area contributed by atoms with Gasteiger partial charge in [0.05, 0.1) is 0 Å². The van der Waals surface area contributed by atoms with Crippen LogP contribution in [0.4, 0.5) is 0 Å². The molecule has 0 aromatic heterocycles. The molecule has 1 aliphatic rings. The summed E-state index contributed by atoms with van der Waals surface area (Å²) in [6.07, 6.45) is 3.15. The summed E-state index contributed by atoms with van der Waals surface area (Å²) in [6.45, 7) is 2.53. The van der Waals surface area contributed by atoms with Gasteiger partial charge in [-0.2, -0.15) is 0 Å². The summed E-state index contributed by atoms with van der Waals surface area (Å²) in [5, 5.41) is 5.84. The maximum Gasteiger partial charge on any atom is 0.222 e. The average molecular weight is 241 g/mol. The quantitative estimate of drug-likeness (QED) is 0.710.